The fourth-order valence-corrected chi connectivity index (χ4v) is 4.26. The molecule has 2 aromatic carbocycles. The van der Waals surface area contributed by atoms with Gasteiger partial charge in [-0.05, 0) is 12.5 Å². The largest absolute Gasteiger partial charge is 0.383 e. The summed E-state index contributed by atoms with van der Waals surface area (Å²) in [4.78, 5) is 0.160. The second-order valence-electron chi connectivity index (χ2n) is 6.37. The van der Waals surface area contributed by atoms with Crippen LogP contribution in [0.2, 0.25) is 0 Å². The summed E-state index contributed by atoms with van der Waals surface area (Å²) in [5, 5.41) is 4.56. The maximum Gasteiger partial charge on any atom is 0.244 e. The molecule has 1 unspecified atom stereocenters. The molecule has 6 nitrogen and oxygen atoms in total. The molecule has 1 aromatic heterocycles. The van der Waals surface area contributed by atoms with Crippen LogP contribution in [0.25, 0.3) is 11.3 Å². The van der Waals surface area contributed by atoms with E-state index in [0.717, 1.165) is 11.1 Å². The summed E-state index contributed by atoms with van der Waals surface area (Å²) < 4.78 is 35.3. The molecule has 0 radical (unpaired) electrons. The molecule has 0 aliphatic heterocycles. The van der Waals surface area contributed by atoms with Crippen LogP contribution in [-0.4, -0.2) is 38.0 Å². The molecule has 1 N–H and O–H groups in total. The van der Waals surface area contributed by atoms with Crippen molar-refractivity contribution >= 4 is 10.0 Å². The summed E-state index contributed by atoms with van der Waals surface area (Å²) in [6, 6.07) is 18.8. The van der Waals surface area contributed by atoms with E-state index >= 15 is 0 Å². The van der Waals surface area contributed by atoms with E-state index in [-0.39, 0.29) is 17.5 Å². The summed E-state index contributed by atoms with van der Waals surface area (Å²) in [6.45, 7) is 2.54. The number of sulfonamides is 1. The van der Waals surface area contributed by atoms with Gasteiger partial charge in [0.25, 0.3) is 0 Å². The first-order valence-corrected chi connectivity index (χ1v) is 10.2. The average Bonchev–Trinajstić information content (AvgIpc) is 3.08. The van der Waals surface area contributed by atoms with Gasteiger partial charge in [-0.3, -0.25) is 4.68 Å². The minimum Gasteiger partial charge on any atom is -0.383 e. The maximum atomic E-state index is 13.0. The number of benzene rings is 2. The molecule has 7 heteroatoms. The zero-order valence-electron chi connectivity index (χ0n) is 15.4. The van der Waals surface area contributed by atoms with Crippen molar-refractivity contribution in [3.8, 4) is 11.3 Å². The Morgan fingerprint density at radius 3 is 2.33 bits per heavy atom. The van der Waals surface area contributed by atoms with Gasteiger partial charge in [-0.1, -0.05) is 60.7 Å². The average molecular weight is 385 g/mol. The maximum absolute atomic E-state index is 13.0. The summed E-state index contributed by atoms with van der Waals surface area (Å²) in [5.74, 6) is 0. The van der Waals surface area contributed by atoms with Crippen LogP contribution < -0.4 is 4.72 Å². The zero-order chi connectivity index (χ0) is 19.3. The van der Waals surface area contributed by atoms with Gasteiger partial charge >= 0.3 is 0 Å². The van der Waals surface area contributed by atoms with Crippen LogP contribution in [0.15, 0.2) is 71.8 Å². The lowest BCUT2D eigenvalue weighted by molar-refractivity contribution is 0.180. The molecule has 1 heterocycles. The molecular formula is C20H23N3O3S. The Morgan fingerprint density at radius 2 is 1.70 bits per heavy atom. The molecule has 1 atom stereocenters. The number of aromatic nitrogens is 2. The third-order valence-corrected chi connectivity index (χ3v) is 5.62. The second kappa shape index (κ2) is 8.47. The quantitative estimate of drug-likeness (QED) is 0.647. The van der Waals surface area contributed by atoms with Crippen molar-refractivity contribution in [2.75, 3.05) is 13.7 Å². The summed E-state index contributed by atoms with van der Waals surface area (Å²) in [7, 11) is -2.21. The highest BCUT2D eigenvalue weighted by molar-refractivity contribution is 7.89. The molecule has 0 bridgehead atoms. The highest BCUT2D eigenvalue weighted by atomic mass is 32.2. The molecule has 0 fully saturated rings. The predicted molar refractivity (Wildman–Crippen MR) is 105 cm³/mol. The van der Waals surface area contributed by atoms with Crippen LogP contribution >= 0.6 is 0 Å². The second-order valence-corrected chi connectivity index (χ2v) is 8.05. The normalized spacial score (nSPS) is 12.8. The number of nitrogens with zero attached hydrogens (tertiary/aromatic N) is 2. The van der Waals surface area contributed by atoms with Gasteiger partial charge < -0.3 is 4.74 Å². The van der Waals surface area contributed by atoms with Gasteiger partial charge in [0.2, 0.25) is 10.0 Å². The van der Waals surface area contributed by atoms with E-state index < -0.39 is 10.0 Å². The first kappa shape index (κ1) is 19.3. The fraction of sp³-hybridized carbons (Fsp3) is 0.250. The first-order valence-electron chi connectivity index (χ1n) is 8.67. The molecular weight excluding hydrogens is 362 g/mol. The Balaban J connectivity index is 2.00. The van der Waals surface area contributed by atoms with E-state index in [9.17, 15) is 8.42 Å². The number of ether oxygens (including phenoxy) is 1. The molecule has 142 valence electrons. The molecule has 0 aliphatic rings. The lowest BCUT2D eigenvalue weighted by Crippen LogP contribution is -2.35. The molecule has 0 aliphatic carbocycles. The minimum absolute atomic E-state index is 0.160. The van der Waals surface area contributed by atoms with Crippen LogP contribution in [0, 0.1) is 0 Å². The highest BCUT2D eigenvalue weighted by Gasteiger charge is 2.25. The number of nitrogens with one attached hydrogen (secondary N) is 1. The van der Waals surface area contributed by atoms with Crippen molar-refractivity contribution in [3.63, 3.8) is 0 Å². The molecule has 3 rings (SSSR count). The third kappa shape index (κ3) is 4.82. The number of methoxy groups -OCH3 is 1. The molecule has 0 saturated heterocycles. The van der Waals surface area contributed by atoms with Crippen molar-refractivity contribution < 1.29 is 13.2 Å². The summed E-state index contributed by atoms with van der Waals surface area (Å²) in [6.07, 6.45) is 1.58. The van der Waals surface area contributed by atoms with Gasteiger partial charge in [0.1, 0.15) is 10.6 Å². The summed E-state index contributed by atoms with van der Waals surface area (Å²) >= 11 is 0. The smallest absolute Gasteiger partial charge is 0.244 e. The molecule has 0 amide bonds. The Kier molecular flexibility index (Phi) is 6.05. The lowest BCUT2D eigenvalue weighted by atomic mass is 10.2. The minimum atomic E-state index is -3.75. The monoisotopic (exact) mass is 385 g/mol. The predicted octanol–water partition coefficient (Wildman–Crippen LogP) is 2.91. The van der Waals surface area contributed by atoms with Crippen LogP contribution in [-0.2, 0) is 21.3 Å². The van der Waals surface area contributed by atoms with Crippen LogP contribution in [0.3, 0.4) is 0 Å². The standard InChI is InChI=1S/C20H23N3O3S/c1-16(15-26-2)22-27(24,25)19-14-23(13-17-9-5-3-6-10-17)21-20(19)18-11-7-4-8-12-18/h3-12,14,16,22H,13,15H2,1-2H3. The summed E-state index contributed by atoms with van der Waals surface area (Å²) in [5.41, 5.74) is 2.23. The van der Waals surface area contributed by atoms with Crippen molar-refractivity contribution in [2.45, 2.75) is 24.4 Å². The zero-order valence-corrected chi connectivity index (χ0v) is 16.2. The molecule has 27 heavy (non-hydrogen) atoms. The first-order chi connectivity index (χ1) is 13.0. The highest BCUT2D eigenvalue weighted by Crippen LogP contribution is 2.26. The molecule has 0 spiro atoms. The molecule has 3 aromatic rings. The van der Waals surface area contributed by atoms with Gasteiger partial charge in [-0.25, -0.2) is 13.1 Å². The topological polar surface area (TPSA) is 73.2 Å². The molecule has 0 saturated carbocycles. The lowest BCUT2D eigenvalue weighted by Gasteiger charge is -2.13. The van der Waals surface area contributed by atoms with Crippen LogP contribution in [0.5, 0.6) is 0 Å². The number of hydrogen-bond acceptors (Lipinski definition) is 4. The van der Waals surface area contributed by atoms with Crippen LogP contribution in [0.1, 0.15) is 12.5 Å². The van der Waals surface area contributed by atoms with E-state index in [4.69, 9.17) is 4.74 Å². The van der Waals surface area contributed by atoms with Crippen molar-refractivity contribution in [2.24, 2.45) is 0 Å². The fourth-order valence-electron chi connectivity index (χ4n) is 2.86. The van der Waals surface area contributed by atoms with Crippen molar-refractivity contribution in [1.29, 1.82) is 0 Å². The van der Waals surface area contributed by atoms with Gasteiger partial charge in [-0.15, -0.1) is 0 Å². The Morgan fingerprint density at radius 1 is 1.07 bits per heavy atom. The number of hydrogen-bond donors (Lipinski definition) is 1. The Hall–Kier alpha value is -2.48. The van der Waals surface area contributed by atoms with Gasteiger partial charge in [0.05, 0.1) is 13.2 Å². The number of rotatable bonds is 8. The Labute approximate surface area is 159 Å². The van der Waals surface area contributed by atoms with Gasteiger partial charge in [0, 0.05) is 24.9 Å². The van der Waals surface area contributed by atoms with E-state index in [1.807, 2.05) is 60.7 Å². The van der Waals surface area contributed by atoms with Crippen LogP contribution in [0.4, 0.5) is 0 Å². The van der Waals surface area contributed by atoms with Gasteiger partial charge in [-0.2, -0.15) is 5.10 Å². The van der Waals surface area contributed by atoms with E-state index in [2.05, 4.69) is 9.82 Å². The third-order valence-electron chi connectivity index (χ3n) is 4.03. The van der Waals surface area contributed by atoms with Gasteiger partial charge in [0.15, 0.2) is 0 Å². The SMILES string of the molecule is COCC(C)NS(=O)(=O)c1cn(Cc2ccccc2)nc1-c1ccccc1. The van der Waals surface area contributed by atoms with E-state index in [1.54, 1.807) is 17.8 Å². The Bertz CT molecular complexity index is 970. The van der Waals surface area contributed by atoms with Crippen molar-refractivity contribution in [3.05, 3.63) is 72.4 Å². The van der Waals surface area contributed by atoms with E-state index in [0.29, 0.717) is 12.2 Å². The van der Waals surface area contributed by atoms with E-state index in [1.165, 1.54) is 7.11 Å². The van der Waals surface area contributed by atoms with Crippen molar-refractivity contribution in [1.82, 2.24) is 14.5 Å².